The lowest BCUT2D eigenvalue weighted by atomic mass is 10.1. The zero-order valence-electron chi connectivity index (χ0n) is 15.8. The van der Waals surface area contributed by atoms with Crippen LogP contribution in [-0.2, 0) is 0 Å². The van der Waals surface area contributed by atoms with Gasteiger partial charge < -0.3 is 0 Å². The number of nitrogens with one attached hydrogen (secondary N) is 1. The van der Waals surface area contributed by atoms with Gasteiger partial charge in [0.1, 0.15) is 5.01 Å². The van der Waals surface area contributed by atoms with Crippen molar-refractivity contribution in [2.24, 2.45) is 0 Å². The van der Waals surface area contributed by atoms with Crippen molar-refractivity contribution >= 4 is 33.4 Å². The number of pyridine rings is 1. The first-order chi connectivity index (χ1) is 12.4. The summed E-state index contributed by atoms with van der Waals surface area (Å²) >= 11 is 1.44. The Bertz CT molecular complexity index is 925. The Hall–Kier alpha value is -2.35. The minimum absolute atomic E-state index is 0.212. The van der Waals surface area contributed by atoms with Gasteiger partial charge in [0.15, 0.2) is 5.65 Å². The number of anilines is 1. The van der Waals surface area contributed by atoms with Crippen LogP contribution in [0.3, 0.4) is 0 Å². The van der Waals surface area contributed by atoms with E-state index in [0.717, 1.165) is 28.9 Å². The normalized spacial score (nSPS) is 11.7. The summed E-state index contributed by atoms with van der Waals surface area (Å²) in [7, 11) is 0. The maximum absolute atomic E-state index is 12.7. The van der Waals surface area contributed by atoms with E-state index >= 15 is 0 Å². The van der Waals surface area contributed by atoms with Crippen molar-refractivity contribution in [2.75, 3.05) is 5.32 Å². The van der Waals surface area contributed by atoms with Crippen LogP contribution >= 0.6 is 11.3 Å². The lowest BCUT2D eigenvalue weighted by Crippen LogP contribution is -2.14. The Morgan fingerprint density at radius 2 is 2.00 bits per heavy atom. The van der Waals surface area contributed by atoms with Crippen LogP contribution in [0.25, 0.3) is 11.0 Å². The van der Waals surface area contributed by atoms with E-state index in [4.69, 9.17) is 0 Å². The first-order valence-electron chi connectivity index (χ1n) is 8.94. The third-order valence-electron chi connectivity index (χ3n) is 4.49. The summed E-state index contributed by atoms with van der Waals surface area (Å²) in [5.74, 6) is 0.168. The molecule has 0 atom stereocenters. The van der Waals surface area contributed by atoms with Gasteiger partial charge in [-0.25, -0.2) is 9.67 Å². The smallest absolute Gasteiger partial charge is 0.259 e. The highest BCUT2D eigenvalue weighted by molar-refractivity contribution is 7.15. The molecule has 3 aromatic rings. The Morgan fingerprint density at radius 3 is 2.65 bits per heavy atom. The van der Waals surface area contributed by atoms with Crippen molar-refractivity contribution in [1.29, 1.82) is 0 Å². The molecule has 8 heteroatoms. The molecule has 26 heavy (non-hydrogen) atoms. The van der Waals surface area contributed by atoms with Gasteiger partial charge in [-0.05, 0) is 39.7 Å². The zero-order valence-corrected chi connectivity index (χ0v) is 16.6. The predicted octanol–water partition coefficient (Wildman–Crippen LogP) is 4.33. The summed E-state index contributed by atoms with van der Waals surface area (Å²) in [4.78, 5) is 17.3. The van der Waals surface area contributed by atoms with Gasteiger partial charge in [-0.3, -0.25) is 10.1 Å². The number of aromatic nitrogens is 5. The fraction of sp³-hybridized carbons (Fsp3) is 0.500. The molecule has 0 saturated carbocycles. The molecule has 0 unspecified atom stereocenters. The van der Waals surface area contributed by atoms with E-state index in [1.165, 1.54) is 11.3 Å². The van der Waals surface area contributed by atoms with Crippen molar-refractivity contribution in [3.63, 3.8) is 0 Å². The molecule has 3 aromatic heterocycles. The van der Waals surface area contributed by atoms with Crippen LogP contribution in [0.1, 0.15) is 73.6 Å². The Balaban J connectivity index is 1.85. The Labute approximate surface area is 156 Å². The molecule has 0 radical (unpaired) electrons. The van der Waals surface area contributed by atoms with Crippen LogP contribution in [0.2, 0.25) is 0 Å². The van der Waals surface area contributed by atoms with Gasteiger partial charge in [0.2, 0.25) is 5.13 Å². The van der Waals surface area contributed by atoms with Gasteiger partial charge in [0.05, 0.1) is 17.5 Å². The molecule has 0 aliphatic rings. The number of hydrogen-bond acceptors (Lipinski definition) is 6. The molecule has 3 rings (SSSR count). The Morgan fingerprint density at radius 1 is 1.27 bits per heavy atom. The molecule has 0 saturated heterocycles. The third kappa shape index (κ3) is 3.46. The second-order valence-electron chi connectivity index (χ2n) is 6.63. The second kappa shape index (κ2) is 7.49. The molecule has 1 amide bonds. The summed E-state index contributed by atoms with van der Waals surface area (Å²) in [6.45, 7) is 10.2. The Kier molecular flexibility index (Phi) is 5.31. The van der Waals surface area contributed by atoms with Gasteiger partial charge in [-0.2, -0.15) is 5.10 Å². The number of fused-ring (bicyclic) bond motifs is 1. The highest BCUT2D eigenvalue weighted by atomic mass is 32.1. The highest BCUT2D eigenvalue weighted by Crippen LogP contribution is 2.28. The van der Waals surface area contributed by atoms with Crippen LogP contribution in [-0.4, -0.2) is 30.9 Å². The quantitative estimate of drug-likeness (QED) is 0.696. The first kappa shape index (κ1) is 18.4. The van der Waals surface area contributed by atoms with Crippen molar-refractivity contribution < 1.29 is 4.79 Å². The SMILES string of the molecule is CCC(CC)c1nnc(NC(=O)c2cc3cnn(C(C)C)c3nc2C)s1. The average Bonchev–Trinajstić information content (AvgIpc) is 3.22. The summed E-state index contributed by atoms with van der Waals surface area (Å²) in [6, 6.07) is 2.05. The van der Waals surface area contributed by atoms with Crippen molar-refractivity contribution in [2.45, 2.75) is 59.4 Å². The molecule has 0 aromatic carbocycles. The maximum Gasteiger partial charge on any atom is 0.259 e. The van der Waals surface area contributed by atoms with Gasteiger partial charge >= 0.3 is 0 Å². The fourth-order valence-electron chi connectivity index (χ4n) is 2.93. The van der Waals surface area contributed by atoms with Gasteiger partial charge in [-0.15, -0.1) is 10.2 Å². The van der Waals surface area contributed by atoms with Crippen LogP contribution in [0.5, 0.6) is 0 Å². The van der Waals surface area contributed by atoms with E-state index in [9.17, 15) is 4.79 Å². The third-order valence-corrected chi connectivity index (χ3v) is 5.49. The standard InChI is InChI=1S/C18H24N6OS/c1-6-12(7-2)17-22-23-18(26-17)21-16(25)14-8-13-9-19-24(10(3)4)15(13)20-11(14)5/h8-10,12H,6-7H2,1-5H3,(H,21,23,25). The molecule has 138 valence electrons. The fourth-order valence-corrected chi connectivity index (χ4v) is 3.93. The second-order valence-corrected chi connectivity index (χ2v) is 7.64. The molecule has 0 aliphatic carbocycles. The van der Waals surface area contributed by atoms with Gasteiger partial charge in [0.25, 0.3) is 5.91 Å². The topological polar surface area (TPSA) is 85.6 Å². The maximum atomic E-state index is 12.7. The minimum atomic E-state index is -0.221. The summed E-state index contributed by atoms with van der Waals surface area (Å²) < 4.78 is 1.86. The van der Waals surface area contributed by atoms with E-state index in [-0.39, 0.29) is 11.9 Å². The molecule has 0 spiro atoms. The number of nitrogens with zero attached hydrogens (tertiary/aromatic N) is 5. The van der Waals surface area contributed by atoms with E-state index in [1.54, 1.807) is 6.20 Å². The molecule has 1 N–H and O–H groups in total. The number of amides is 1. The molecule has 3 heterocycles. The largest absolute Gasteiger partial charge is 0.296 e. The van der Waals surface area contributed by atoms with Crippen molar-refractivity contribution in [3.05, 3.63) is 28.5 Å². The summed E-state index contributed by atoms with van der Waals surface area (Å²) in [5.41, 5.74) is 1.99. The molecule has 7 nitrogen and oxygen atoms in total. The van der Waals surface area contributed by atoms with E-state index in [2.05, 4.69) is 53.3 Å². The van der Waals surface area contributed by atoms with Crippen LogP contribution in [0.15, 0.2) is 12.3 Å². The molecule has 0 aliphatic heterocycles. The lowest BCUT2D eigenvalue weighted by Gasteiger charge is -2.09. The zero-order chi connectivity index (χ0) is 18.8. The average molecular weight is 372 g/mol. The highest BCUT2D eigenvalue weighted by Gasteiger charge is 2.18. The summed E-state index contributed by atoms with van der Waals surface area (Å²) in [5, 5.41) is 17.9. The molecule has 0 bridgehead atoms. The molecular weight excluding hydrogens is 348 g/mol. The number of carbonyl (C=O) groups is 1. The molecular formula is C18H24N6OS. The van der Waals surface area contributed by atoms with Crippen LogP contribution in [0.4, 0.5) is 5.13 Å². The van der Waals surface area contributed by atoms with Crippen LogP contribution in [0, 0.1) is 6.92 Å². The van der Waals surface area contributed by atoms with Gasteiger partial charge in [-0.1, -0.05) is 25.2 Å². The number of carbonyl (C=O) groups excluding carboxylic acids is 1. The van der Waals surface area contributed by atoms with Crippen molar-refractivity contribution in [1.82, 2.24) is 25.0 Å². The molecule has 0 fully saturated rings. The monoisotopic (exact) mass is 372 g/mol. The number of aryl methyl sites for hydroxylation is 1. The van der Waals surface area contributed by atoms with E-state index < -0.39 is 0 Å². The summed E-state index contributed by atoms with van der Waals surface area (Å²) in [6.07, 6.45) is 3.77. The number of rotatable bonds is 6. The first-order valence-corrected chi connectivity index (χ1v) is 9.75. The van der Waals surface area contributed by atoms with Gasteiger partial charge in [0, 0.05) is 17.3 Å². The predicted molar refractivity (Wildman–Crippen MR) is 104 cm³/mol. The van der Waals surface area contributed by atoms with E-state index in [0.29, 0.717) is 22.3 Å². The lowest BCUT2D eigenvalue weighted by molar-refractivity contribution is 0.102. The van der Waals surface area contributed by atoms with Crippen LogP contribution < -0.4 is 5.32 Å². The minimum Gasteiger partial charge on any atom is -0.296 e. The van der Waals surface area contributed by atoms with E-state index in [1.807, 2.05) is 17.7 Å². The number of hydrogen-bond donors (Lipinski definition) is 1. The van der Waals surface area contributed by atoms with Crippen molar-refractivity contribution in [3.8, 4) is 0 Å².